The Bertz CT molecular complexity index is 775. The number of aliphatic hydroxyl groups is 1. The molecule has 0 unspecified atom stereocenters. The van der Waals surface area contributed by atoms with Gasteiger partial charge in [0.2, 0.25) is 5.88 Å². The van der Waals surface area contributed by atoms with E-state index in [4.69, 9.17) is 20.3 Å². The maximum atomic E-state index is 8.81. The van der Waals surface area contributed by atoms with Crippen LogP contribution in [0.5, 0.6) is 11.9 Å². The summed E-state index contributed by atoms with van der Waals surface area (Å²) in [5.74, 6) is 1.26. The zero-order valence-electron chi connectivity index (χ0n) is 16.6. The molecule has 29 heavy (non-hydrogen) atoms. The van der Waals surface area contributed by atoms with Crippen molar-refractivity contribution in [1.82, 2.24) is 15.0 Å². The average molecular weight is 467 g/mol. The van der Waals surface area contributed by atoms with Crippen LogP contribution in [0.3, 0.4) is 0 Å². The van der Waals surface area contributed by atoms with Crippen LogP contribution in [0.1, 0.15) is 31.7 Å². The highest BCUT2D eigenvalue weighted by Gasteiger charge is 2.18. The van der Waals surface area contributed by atoms with Gasteiger partial charge in [0.25, 0.3) is 0 Å². The summed E-state index contributed by atoms with van der Waals surface area (Å²) in [5.41, 5.74) is 7.88. The van der Waals surface area contributed by atoms with Crippen LogP contribution >= 0.6 is 15.9 Å². The minimum absolute atomic E-state index is 0.0875. The third kappa shape index (κ3) is 6.82. The van der Waals surface area contributed by atoms with Crippen molar-refractivity contribution in [2.75, 3.05) is 35.9 Å². The predicted molar refractivity (Wildman–Crippen MR) is 117 cm³/mol. The maximum absolute atomic E-state index is 8.81. The molecule has 2 heterocycles. The van der Waals surface area contributed by atoms with Gasteiger partial charge in [-0.3, -0.25) is 4.99 Å². The summed E-state index contributed by atoms with van der Waals surface area (Å²) >= 11 is 3.50. The standard InChI is InChI=1S/C19H27BrN6O3/c1-3-4-9-29-19-24-17(21)16(22-2)18(25-19)26(13-20)12-14-6-7-15(23-11-14)28-10-5-8-27/h6-7,11,27H,2-5,8-10,12-13H2,1H3,(H2,21,24,25). The first-order valence-electron chi connectivity index (χ1n) is 9.39. The molecule has 10 heteroatoms. The highest BCUT2D eigenvalue weighted by molar-refractivity contribution is 9.09. The van der Waals surface area contributed by atoms with Crippen LogP contribution in [0.25, 0.3) is 0 Å². The zero-order valence-corrected chi connectivity index (χ0v) is 18.1. The molecule has 0 saturated heterocycles. The van der Waals surface area contributed by atoms with Crippen LogP contribution in [-0.4, -0.2) is 52.1 Å². The number of aliphatic imine (C=N–C) groups is 1. The number of ether oxygens (including phenoxy) is 2. The number of alkyl halides is 1. The molecule has 0 aliphatic carbocycles. The number of hydrogen-bond donors (Lipinski definition) is 2. The van der Waals surface area contributed by atoms with Crippen molar-refractivity contribution in [2.45, 2.75) is 32.7 Å². The Morgan fingerprint density at radius 1 is 1.24 bits per heavy atom. The number of pyridine rings is 1. The molecule has 2 rings (SSSR count). The van der Waals surface area contributed by atoms with E-state index in [1.54, 1.807) is 12.3 Å². The summed E-state index contributed by atoms with van der Waals surface area (Å²) in [5, 5.41) is 8.81. The van der Waals surface area contributed by atoms with Gasteiger partial charge < -0.3 is 25.2 Å². The van der Waals surface area contributed by atoms with Crippen LogP contribution in [0.15, 0.2) is 23.3 Å². The van der Waals surface area contributed by atoms with E-state index >= 15 is 0 Å². The van der Waals surface area contributed by atoms with E-state index in [0.717, 1.165) is 18.4 Å². The molecule has 0 bridgehead atoms. The SMILES string of the molecule is C=Nc1c(N)nc(OCCCC)nc1N(CBr)Cc1ccc(OCCCO)nc1. The Morgan fingerprint density at radius 3 is 2.66 bits per heavy atom. The quantitative estimate of drug-likeness (QED) is 0.200. The van der Waals surface area contributed by atoms with Gasteiger partial charge in [0.15, 0.2) is 11.6 Å². The molecule has 0 amide bonds. The number of rotatable bonds is 13. The van der Waals surface area contributed by atoms with Crippen LogP contribution < -0.4 is 20.1 Å². The third-order valence-corrected chi connectivity index (χ3v) is 4.53. The fraction of sp³-hybridized carbons (Fsp3) is 0.474. The number of nitrogens with zero attached hydrogens (tertiary/aromatic N) is 5. The van der Waals surface area contributed by atoms with Gasteiger partial charge in [0.1, 0.15) is 5.69 Å². The number of anilines is 2. The third-order valence-electron chi connectivity index (χ3n) is 3.93. The number of halogens is 1. The molecule has 0 aliphatic heterocycles. The molecule has 2 aromatic heterocycles. The van der Waals surface area contributed by atoms with Crippen LogP contribution in [0.4, 0.5) is 17.3 Å². The lowest BCUT2D eigenvalue weighted by Gasteiger charge is -2.23. The van der Waals surface area contributed by atoms with Gasteiger partial charge in [-0.2, -0.15) is 9.97 Å². The van der Waals surface area contributed by atoms with Crippen molar-refractivity contribution in [3.8, 4) is 11.9 Å². The Morgan fingerprint density at radius 2 is 2.03 bits per heavy atom. The van der Waals surface area contributed by atoms with Crippen LogP contribution in [-0.2, 0) is 6.54 Å². The summed E-state index contributed by atoms with van der Waals surface area (Å²) in [4.78, 5) is 18.9. The lowest BCUT2D eigenvalue weighted by molar-refractivity contribution is 0.229. The van der Waals surface area contributed by atoms with Crippen molar-refractivity contribution in [2.24, 2.45) is 4.99 Å². The number of aromatic nitrogens is 3. The molecule has 9 nitrogen and oxygen atoms in total. The van der Waals surface area contributed by atoms with Gasteiger partial charge in [0, 0.05) is 31.8 Å². The minimum atomic E-state index is 0.0875. The molecule has 0 aromatic carbocycles. The lowest BCUT2D eigenvalue weighted by Crippen LogP contribution is -2.23. The van der Waals surface area contributed by atoms with Crippen molar-refractivity contribution in [1.29, 1.82) is 0 Å². The molecule has 0 saturated carbocycles. The van der Waals surface area contributed by atoms with Crippen molar-refractivity contribution < 1.29 is 14.6 Å². The number of nitrogens with two attached hydrogens (primary N) is 1. The molecule has 0 fully saturated rings. The Hall–Kier alpha value is -2.46. The van der Waals surface area contributed by atoms with E-state index < -0.39 is 0 Å². The molecular formula is C19H27BrN6O3. The monoisotopic (exact) mass is 466 g/mol. The number of hydrogen-bond acceptors (Lipinski definition) is 9. The summed E-state index contributed by atoms with van der Waals surface area (Å²) in [6.45, 7) is 7.20. The first kappa shape index (κ1) is 22.8. The second-order valence-electron chi connectivity index (χ2n) is 6.17. The van der Waals surface area contributed by atoms with E-state index in [1.165, 1.54) is 0 Å². The second kappa shape index (κ2) is 12.2. The second-order valence-corrected chi connectivity index (χ2v) is 6.67. The van der Waals surface area contributed by atoms with Crippen LogP contribution in [0, 0.1) is 0 Å². The van der Waals surface area contributed by atoms with Gasteiger partial charge in [-0.05, 0) is 18.7 Å². The molecule has 0 aliphatic rings. The van der Waals surface area contributed by atoms with Gasteiger partial charge in [0.05, 0.1) is 18.7 Å². The normalized spacial score (nSPS) is 10.6. The maximum Gasteiger partial charge on any atom is 0.320 e. The van der Waals surface area contributed by atoms with E-state index in [1.807, 2.05) is 11.0 Å². The van der Waals surface area contributed by atoms with E-state index in [9.17, 15) is 0 Å². The van der Waals surface area contributed by atoms with E-state index in [-0.39, 0.29) is 18.4 Å². The topological polar surface area (TPSA) is 119 Å². The zero-order chi connectivity index (χ0) is 21.1. The largest absolute Gasteiger partial charge is 0.478 e. The van der Waals surface area contributed by atoms with Crippen LogP contribution in [0.2, 0.25) is 0 Å². The fourth-order valence-electron chi connectivity index (χ4n) is 2.41. The van der Waals surface area contributed by atoms with Gasteiger partial charge in [-0.25, -0.2) is 4.98 Å². The molecule has 0 radical (unpaired) electrons. The molecule has 3 N–H and O–H groups in total. The molecule has 2 aromatic rings. The Kier molecular flexibility index (Phi) is 9.58. The lowest BCUT2D eigenvalue weighted by atomic mass is 10.2. The molecule has 0 spiro atoms. The summed E-state index contributed by atoms with van der Waals surface area (Å²) in [6.07, 6.45) is 4.21. The first-order valence-corrected chi connectivity index (χ1v) is 10.5. The number of nitrogen functional groups attached to an aromatic ring is 1. The van der Waals surface area contributed by atoms with Gasteiger partial charge in [-0.15, -0.1) is 0 Å². The van der Waals surface area contributed by atoms with Crippen molar-refractivity contribution >= 4 is 40.0 Å². The first-order chi connectivity index (χ1) is 14.1. The number of unbranched alkanes of at least 4 members (excludes halogenated alkanes) is 1. The highest BCUT2D eigenvalue weighted by Crippen LogP contribution is 2.34. The van der Waals surface area contributed by atoms with E-state index in [2.05, 4.69) is 49.5 Å². The smallest absolute Gasteiger partial charge is 0.320 e. The van der Waals surface area contributed by atoms with E-state index in [0.29, 0.717) is 49.0 Å². The average Bonchev–Trinajstić information content (AvgIpc) is 2.73. The van der Waals surface area contributed by atoms with Gasteiger partial charge >= 0.3 is 6.01 Å². The summed E-state index contributed by atoms with van der Waals surface area (Å²) in [7, 11) is 0. The minimum Gasteiger partial charge on any atom is -0.478 e. The molecular weight excluding hydrogens is 440 g/mol. The molecule has 0 atom stereocenters. The highest BCUT2D eigenvalue weighted by atomic mass is 79.9. The van der Waals surface area contributed by atoms with Gasteiger partial charge in [-0.1, -0.05) is 35.3 Å². The Labute approximate surface area is 179 Å². The molecule has 158 valence electrons. The summed E-state index contributed by atoms with van der Waals surface area (Å²) in [6, 6.07) is 3.93. The number of aliphatic hydroxyl groups excluding tert-OH is 1. The summed E-state index contributed by atoms with van der Waals surface area (Å²) < 4.78 is 11.1. The predicted octanol–water partition coefficient (Wildman–Crippen LogP) is 3.09. The van der Waals surface area contributed by atoms with Crippen molar-refractivity contribution in [3.63, 3.8) is 0 Å². The van der Waals surface area contributed by atoms with Crippen molar-refractivity contribution in [3.05, 3.63) is 23.9 Å². The fourth-order valence-corrected chi connectivity index (χ4v) is 2.82. The Balaban J connectivity index is 2.18.